The summed E-state index contributed by atoms with van der Waals surface area (Å²) in [4.78, 5) is 25.2. The summed E-state index contributed by atoms with van der Waals surface area (Å²) < 4.78 is 26.3. The van der Waals surface area contributed by atoms with E-state index < -0.39 is 15.7 Å². The van der Waals surface area contributed by atoms with Gasteiger partial charge in [0.2, 0.25) is 0 Å². The molecule has 28 heavy (non-hydrogen) atoms. The summed E-state index contributed by atoms with van der Waals surface area (Å²) in [5.41, 5.74) is 0.490. The van der Waals surface area contributed by atoms with Gasteiger partial charge in [0.05, 0.1) is 28.6 Å². The predicted octanol–water partition coefficient (Wildman–Crippen LogP) is 1.05. The van der Waals surface area contributed by atoms with Crippen molar-refractivity contribution in [1.82, 2.24) is 19.6 Å². The summed E-state index contributed by atoms with van der Waals surface area (Å²) in [6, 6.07) is 8.15. The number of aryl methyl sites for hydroxylation is 2. The number of fused-ring (bicyclic) bond motifs is 1. The van der Waals surface area contributed by atoms with E-state index >= 15 is 0 Å². The average Bonchev–Trinajstić information content (AvgIpc) is 3.19. The van der Waals surface area contributed by atoms with Gasteiger partial charge in [0.1, 0.15) is 5.82 Å². The first-order chi connectivity index (χ1) is 13.2. The summed E-state index contributed by atoms with van der Waals surface area (Å²) in [5.74, 6) is 0.0211. The standard InChI is InChI=1S/C18H19N5O4S/c1-11-9-15(23(20-11)12-7-8-28(26,27)10-12)19-17(24)16-13-5-3-4-6-14(13)18(25)22(2)21-16/h3-6,9,12H,7-8,10H2,1-2H3,(H,19,24). The Bertz CT molecular complexity index is 1260. The fourth-order valence-corrected chi connectivity index (χ4v) is 5.19. The minimum atomic E-state index is -3.09. The van der Waals surface area contributed by atoms with Gasteiger partial charge in [-0.05, 0) is 19.4 Å². The van der Waals surface area contributed by atoms with Gasteiger partial charge in [-0.2, -0.15) is 10.2 Å². The van der Waals surface area contributed by atoms with Crippen molar-refractivity contribution in [1.29, 1.82) is 0 Å². The Morgan fingerprint density at radius 3 is 2.61 bits per heavy atom. The number of sulfone groups is 1. The third kappa shape index (κ3) is 3.19. The highest BCUT2D eigenvalue weighted by atomic mass is 32.2. The lowest BCUT2D eigenvalue weighted by Gasteiger charge is -2.14. The van der Waals surface area contributed by atoms with Gasteiger partial charge in [-0.15, -0.1) is 0 Å². The van der Waals surface area contributed by atoms with Gasteiger partial charge in [0, 0.05) is 18.5 Å². The number of aromatic nitrogens is 4. The number of carbonyl (C=O) groups is 1. The normalized spacial score (nSPS) is 18.4. The summed E-state index contributed by atoms with van der Waals surface area (Å²) >= 11 is 0. The van der Waals surface area contributed by atoms with Crippen LogP contribution in [0.15, 0.2) is 35.1 Å². The monoisotopic (exact) mass is 401 g/mol. The van der Waals surface area contributed by atoms with Gasteiger partial charge in [-0.3, -0.25) is 9.59 Å². The first-order valence-corrected chi connectivity index (χ1v) is 10.6. The summed E-state index contributed by atoms with van der Waals surface area (Å²) in [6.45, 7) is 1.77. The molecule has 1 aromatic carbocycles. The third-order valence-electron chi connectivity index (χ3n) is 4.83. The van der Waals surface area contributed by atoms with Crippen LogP contribution in [0, 0.1) is 6.92 Å². The second-order valence-corrected chi connectivity index (χ2v) is 9.18. The molecule has 0 bridgehead atoms. The zero-order valence-corrected chi connectivity index (χ0v) is 16.2. The first-order valence-electron chi connectivity index (χ1n) is 8.79. The highest BCUT2D eigenvalue weighted by Gasteiger charge is 2.31. The van der Waals surface area contributed by atoms with Crippen molar-refractivity contribution >= 4 is 32.3 Å². The van der Waals surface area contributed by atoms with Crippen LogP contribution in [0.1, 0.15) is 28.6 Å². The number of carbonyl (C=O) groups excluding carboxylic acids is 1. The van der Waals surface area contributed by atoms with Gasteiger partial charge in [0.15, 0.2) is 15.5 Å². The third-order valence-corrected chi connectivity index (χ3v) is 6.58. The molecular formula is C18H19N5O4S. The maximum atomic E-state index is 12.9. The minimum Gasteiger partial charge on any atom is -0.305 e. The largest absolute Gasteiger partial charge is 0.305 e. The number of hydrogen-bond acceptors (Lipinski definition) is 6. The van der Waals surface area contributed by atoms with Crippen LogP contribution >= 0.6 is 0 Å². The van der Waals surface area contributed by atoms with Crippen molar-refractivity contribution in [2.75, 3.05) is 16.8 Å². The molecule has 3 aromatic rings. The van der Waals surface area contributed by atoms with Gasteiger partial charge < -0.3 is 5.32 Å². The van der Waals surface area contributed by atoms with E-state index in [1.807, 2.05) is 0 Å². The summed E-state index contributed by atoms with van der Waals surface area (Å²) in [6.07, 6.45) is 0.452. The fourth-order valence-electron chi connectivity index (χ4n) is 3.50. The number of amides is 1. The van der Waals surface area contributed by atoms with Crippen LogP contribution in [-0.2, 0) is 16.9 Å². The van der Waals surface area contributed by atoms with E-state index in [-0.39, 0.29) is 28.8 Å². The van der Waals surface area contributed by atoms with Crippen molar-refractivity contribution in [2.45, 2.75) is 19.4 Å². The molecule has 146 valence electrons. The van der Waals surface area contributed by atoms with Crippen LogP contribution in [0.3, 0.4) is 0 Å². The number of hydrogen-bond donors (Lipinski definition) is 1. The lowest BCUT2D eigenvalue weighted by atomic mass is 10.1. The number of benzene rings is 1. The highest BCUT2D eigenvalue weighted by molar-refractivity contribution is 7.91. The molecule has 1 atom stereocenters. The zero-order valence-electron chi connectivity index (χ0n) is 15.4. The van der Waals surface area contributed by atoms with Gasteiger partial charge >= 0.3 is 0 Å². The lowest BCUT2D eigenvalue weighted by molar-refractivity contribution is 0.102. The molecule has 0 saturated carbocycles. The van der Waals surface area contributed by atoms with Gasteiger partial charge in [-0.25, -0.2) is 17.8 Å². The van der Waals surface area contributed by atoms with Crippen LogP contribution < -0.4 is 10.9 Å². The number of anilines is 1. The van der Waals surface area contributed by atoms with Crippen LogP contribution in [0.2, 0.25) is 0 Å². The smallest absolute Gasteiger partial charge is 0.277 e. The van der Waals surface area contributed by atoms with E-state index in [2.05, 4.69) is 15.5 Å². The van der Waals surface area contributed by atoms with E-state index in [0.29, 0.717) is 28.7 Å². The van der Waals surface area contributed by atoms with E-state index in [1.165, 1.54) is 7.05 Å². The molecule has 1 aliphatic rings. The Morgan fingerprint density at radius 1 is 1.21 bits per heavy atom. The molecule has 1 saturated heterocycles. The summed E-state index contributed by atoms with van der Waals surface area (Å²) in [7, 11) is -1.61. The minimum absolute atomic E-state index is 0.00197. The molecule has 2 aromatic heterocycles. The molecule has 1 aliphatic heterocycles. The second-order valence-electron chi connectivity index (χ2n) is 6.95. The molecular weight excluding hydrogens is 382 g/mol. The Kier molecular flexibility index (Phi) is 4.30. The fraction of sp³-hybridized carbons (Fsp3) is 0.333. The molecule has 4 rings (SSSR count). The maximum Gasteiger partial charge on any atom is 0.277 e. The van der Waals surface area contributed by atoms with Crippen molar-refractivity contribution in [2.24, 2.45) is 7.05 Å². The van der Waals surface area contributed by atoms with E-state index in [4.69, 9.17) is 0 Å². The number of rotatable bonds is 3. The molecule has 0 aliphatic carbocycles. The molecule has 3 heterocycles. The zero-order chi connectivity index (χ0) is 20.1. The van der Waals surface area contributed by atoms with Crippen LogP contribution in [0.4, 0.5) is 5.82 Å². The van der Waals surface area contributed by atoms with E-state index in [1.54, 1.807) is 41.9 Å². The second kappa shape index (κ2) is 6.55. The summed E-state index contributed by atoms with van der Waals surface area (Å²) in [5, 5.41) is 12.1. The topological polar surface area (TPSA) is 116 Å². The first kappa shape index (κ1) is 18.4. The molecule has 0 spiro atoms. The SMILES string of the molecule is Cc1cc(NC(=O)c2nn(C)c(=O)c3ccccc23)n(C2CCS(=O)(=O)C2)n1. The van der Waals surface area contributed by atoms with Crippen LogP contribution in [0.5, 0.6) is 0 Å². The molecule has 1 unspecified atom stereocenters. The number of nitrogens with one attached hydrogen (secondary N) is 1. The van der Waals surface area contributed by atoms with Crippen molar-refractivity contribution in [3.8, 4) is 0 Å². The number of nitrogens with zero attached hydrogens (tertiary/aromatic N) is 4. The average molecular weight is 401 g/mol. The van der Waals surface area contributed by atoms with Crippen molar-refractivity contribution in [3.05, 3.63) is 52.1 Å². The lowest BCUT2D eigenvalue weighted by Crippen LogP contribution is -2.26. The maximum absolute atomic E-state index is 12.9. The Hall–Kier alpha value is -3.01. The molecule has 1 N–H and O–H groups in total. The molecule has 0 radical (unpaired) electrons. The van der Waals surface area contributed by atoms with E-state index in [0.717, 1.165) is 4.68 Å². The van der Waals surface area contributed by atoms with Crippen LogP contribution in [-0.4, -0.2) is 45.4 Å². The molecule has 9 nitrogen and oxygen atoms in total. The quantitative estimate of drug-likeness (QED) is 0.701. The van der Waals surface area contributed by atoms with Crippen LogP contribution in [0.25, 0.3) is 10.8 Å². The highest BCUT2D eigenvalue weighted by Crippen LogP contribution is 2.27. The molecule has 1 amide bonds. The predicted molar refractivity (Wildman–Crippen MR) is 104 cm³/mol. The van der Waals surface area contributed by atoms with Crippen molar-refractivity contribution < 1.29 is 13.2 Å². The Balaban J connectivity index is 1.72. The van der Waals surface area contributed by atoms with Gasteiger partial charge in [0.25, 0.3) is 11.5 Å². The molecule has 1 fully saturated rings. The van der Waals surface area contributed by atoms with Gasteiger partial charge in [-0.1, -0.05) is 18.2 Å². The van der Waals surface area contributed by atoms with E-state index in [9.17, 15) is 18.0 Å². The molecule has 10 heteroatoms. The Labute approximate surface area is 160 Å². The van der Waals surface area contributed by atoms with Crippen molar-refractivity contribution in [3.63, 3.8) is 0 Å². The Morgan fingerprint density at radius 2 is 1.93 bits per heavy atom.